The van der Waals surface area contributed by atoms with Crippen LogP contribution in [0, 0.1) is 0 Å². The second-order valence-corrected chi connectivity index (χ2v) is 4.76. The maximum absolute atomic E-state index is 12.2. The summed E-state index contributed by atoms with van der Waals surface area (Å²) in [7, 11) is 0. The molecule has 1 aromatic carbocycles. The van der Waals surface area contributed by atoms with Crippen LogP contribution in [0.15, 0.2) is 30.3 Å². The molecule has 0 saturated carbocycles. The number of nitrogens with two attached hydrogens (primary N) is 1. The molecule has 0 spiro atoms. The molecule has 2 amide bonds. The van der Waals surface area contributed by atoms with E-state index in [1.54, 1.807) is 4.90 Å². The van der Waals surface area contributed by atoms with Crippen LogP contribution >= 0.6 is 0 Å². The lowest BCUT2D eigenvalue weighted by Gasteiger charge is -2.23. The van der Waals surface area contributed by atoms with Crippen LogP contribution in [0.4, 0.5) is 0 Å². The maximum Gasteiger partial charge on any atom is 0.240 e. The van der Waals surface area contributed by atoms with E-state index in [9.17, 15) is 9.59 Å². The third-order valence-electron chi connectivity index (χ3n) is 3.19. The van der Waals surface area contributed by atoms with Gasteiger partial charge >= 0.3 is 0 Å². The molecular weight excluding hydrogens is 242 g/mol. The van der Waals surface area contributed by atoms with Crippen LogP contribution in [-0.4, -0.2) is 42.4 Å². The Morgan fingerprint density at radius 2 is 2.11 bits per heavy atom. The molecule has 5 heteroatoms. The molecule has 19 heavy (non-hydrogen) atoms. The maximum atomic E-state index is 12.2. The summed E-state index contributed by atoms with van der Waals surface area (Å²) in [4.78, 5) is 25.2. The smallest absolute Gasteiger partial charge is 0.240 e. The minimum atomic E-state index is -0.590. The van der Waals surface area contributed by atoms with Crippen molar-refractivity contribution in [1.82, 2.24) is 10.2 Å². The zero-order chi connectivity index (χ0) is 13.7. The Hall–Kier alpha value is -1.88. The minimum absolute atomic E-state index is 0.112. The van der Waals surface area contributed by atoms with E-state index < -0.39 is 6.04 Å². The molecule has 102 valence electrons. The highest BCUT2D eigenvalue weighted by Gasteiger charge is 2.24. The largest absolute Gasteiger partial charge is 0.354 e. The summed E-state index contributed by atoms with van der Waals surface area (Å²) >= 11 is 0. The first-order valence-corrected chi connectivity index (χ1v) is 6.52. The molecule has 0 aliphatic carbocycles. The second kappa shape index (κ2) is 6.33. The first kappa shape index (κ1) is 13.5. The fourth-order valence-electron chi connectivity index (χ4n) is 2.18. The molecule has 0 radical (unpaired) electrons. The van der Waals surface area contributed by atoms with E-state index in [4.69, 9.17) is 5.73 Å². The van der Waals surface area contributed by atoms with Gasteiger partial charge in [0.1, 0.15) is 0 Å². The van der Waals surface area contributed by atoms with Crippen LogP contribution in [0.5, 0.6) is 0 Å². The number of nitrogens with zero attached hydrogens (tertiary/aromatic N) is 1. The minimum Gasteiger partial charge on any atom is -0.354 e. The predicted molar refractivity (Wildman–Crippen MR) is 72.3 cm³/mol. The quantitative estimate of drug-likeness (QED) is 0.798. The van der Waals surface area contributed by atoms with Crippen LogP contribution in [-0.2, 0) is 16.0 Å². The van der Waals surface area contributed by atoms with Crippen molar-refractivity contribution in [2.75, 3.05) is 19.6 Å². The molecule has 1 fully saturated rings. The fraction of sp³-hybridized carbons (Fsp3) is 0.429. The first-order valence-electron chi connectivity index (χ1n) is 6.52. The van der Waals surface area contributed by atoms with E-state index in [0.717, 1.165) is 12.0 Å². The van der Waals surface area contributed by atoms with Crippen molar-refractivity contribution in [3.05, 3.63) is 35.9 Å². The lowest BCUT2D eigenvalue weighted by atomic mass is 10.1. The topological polar surface area (TPSA) is 75.4 Å². The Morgan fingerprint density at radius 3 is 2.84 bits per heavy atom. The molecule has 1 aromatic rings. The van der Waals surface area contributed by atoms with Crippen molar-refractivity contribution in [3.63, 3.8) is 0 Å². The molecule has 5 nitrogen and oxygen atoms in total. The Morgan fingerprint density at radius 1 is 1.37 bits per heavy atom. The van der Waals surface area contributed by atoms with E-state index in [2.05, 4.69) is 5.32 Å². The number of carbonyl (C=O) groups excluding carboxylic acids is 2. The van der Waals surface area contributed by atoms with Crippen LogP contribution in [0.1, 0.15) is 12.0 Å². The lowest BCUT2D eigenvalue weighted by molar-refractivity contribution is -0.136. The van der Waals surface area contributed by atoms with Gasteiger partial charge in [-0.25, -0.2) is 0 Å². The van der Waals surface area contributed by atoms with Crippen molar-refractivity contribution < 1.29 is 9.59 Å². The number of carbonyl (C=O) groups is 2. The van der Waals surface area contributed by atoms with Crippen molar-refractivity contribution in [1.29, 1.82) is 0 Å². The number of hydrogen-bond donors (Lipinski definition) is 2. The van der Waals surface area contributed by atoms with Gasteiger partial charge in [-0.1, -0.05) is 30.3 Å². The molecule has 1 aliphatic rings. The van der Waals surface area contributed by atoms with Gasteiger partial charge in [0, 0.05) is 13.1 Å². The lowest BCUT2D eigenvalue weighted by Crippen LogP contribution is -2.47. The number of rotatable bonds is 3. The highest BCUT2D eigenvalue weighted by molar-refractivity contribution is 5.87. The Bertz CT molecular complexity index is 447. The monoisotopic (exact) mass is 261 g/mol. The Balaban J connectivity index is 1.96. The standard InChI is InChI=1S/C14H19N3O2/c15-12(9-11-5-2-1-3-6-11)14(19)17-8-4-7-16-13(18)10-17/h1-3,5-6,12H,4,7-10,15H2,(H,16,18)/t12-/m1/s1. The van der Waals surface area contributed by atoms with Crippen LogP contribution in [0.3, 0.4) is 0 Å². The second-order valence-electron chi connectivity index (χ2n) is 4.76. The van der Waals surface area contributed by atoms with Crippen LogP contribution in [0.25, 0.3) is 0 Å². The number of amides is 2. The molecule has 1 saturated heterocycles. The van der Waals surface area contributed by atoms with Gasteiger partial charge in [0.15, 0.2) is 0 Å². The number of benzene rings is 1. The SMILES string of the molecule is N[C@H](Cc1ccccc1)C(=O)N1CCCNC(=O)C1. The Labute approximate surface area is 112 Å². The molecule has 0 bridgehead atoms. The van der Waals surface area contributed by atoms with Crippen molar-refractivity contribution in [2.45, 2.75) is 18.9 Å². The molecular formula is C14H19N3O2. The van der Waals surface area contributed by atoms with Crippen molar-refractivity contribution >= 4 is 11.8 Å². The van der Waals surface area contributed by atoms with E-state index in [0.29, 0.717) is 19.5 Å². The zero-order valence-electron chi connectivity index (χ0n) is 10.8. The van der Waals surface area contributed by atoms with E-state index in [1.165, 1.54) is 0 Å². The van der Waals surface area contributed by atoms with Gasteiger partial charge in [0.05, 0.1) is 12.6 Å². The summed E-state index contributed by atoms with van der Waals surface area (Å²) in [5.74, 6) is -0.265. The Kier molecular flexibility index (Phi) is 4.52. The summed E-state index contributed by atoms with van der Waals surface area (Å²) in [5, 5.41) is 2.74. The summed E-state index contributed by atoms with van der Waals surface area (Å²) < 4.78 is 0. The average Bonchev–Trinajstić information content (AvgIpc) is 2.63. The van der Waals surface area contributed by atoms with E-state index >= 15 is 0 Å². The number of nitrogens with one attached hydrogen (secondary N) is 1. The van der Waals surface area contributed by atoms with Gasteiger partial charge in [-0.3, -0.25) is 9.59 Å². The predicted octanol–water partition coefficient (Wildman–Crippen LogP) is -0.0951. The van der Waals surface area contributed by atoms with Gasteiger partial charge in [-0.05, 0) is 18.4 Å². The van der Waals surface area contributed by atoms with E-state index in [1.807, 2.05) is 30.3 Å². The highest BCUT2D eigenvalue weighted by atomic mass is 16.2. The molecule has 3 N–H and O–H groups in total. The van der Waals surface area contributed by atoms with Gasteiger partial charge in [0.2, 0.25) is 11.8 Å². The average molecular weight is 261 g/mol. The summed E-state index contributed by atoms with van der Waals surface area (Å²) in [6.45, 7) is 1.32. The highest BCUT2D eigenvalue weighted by Crippen LogP contribution is 2.06. The molecule has 2 rings (SSSR count). The van der Waals surface area contributed by atoms with Crippen molar-refractivity contribution in [3.8, 4) is 0 Å². The zero-order valence-corrected chi connectivity index (χ0v) is 10.8. The molecule has 1 atom stereocenters. The fourth-order valence-corrected chi connectivity index (χ4v) is 2.18. The summed E-state index contributed by atoms with van der Waals surface area (Å²) in [5.41, 5.74) is 6.98. The van der Waals surface area contributed by atoms with Gasteiger partial charge in [-0.15, -0.1) is 0 Å². The normalized spacial score (nSPS) is 17.5. The van der Waals surface area contributed by atoms with Gasteiger partial charge in [-0.2, -0.15) is 0 Å². The summed E-state index contributed by atoms with van der Waals surface area (Å²) in [6, 6.07) is 9.08. The van der Waals surface area contributed by atoms with Gasteiger partial charge in [0.25, 0.3) is 0 Å². The first-order chi connectivity index (χ1) is 9.16. The van der Waals surface area contributed by atoms with Gasteiger partial charge < -0.3 is 16.0 Å². The third kappa shape index (κ3) is 3.79. The third-order valence-corrected chi connectivity index (χ3v) is 3.19. The van der Waals surface area contributed by atoms with Crippen LogP contribution in [0.2, 0.25) is 0 Å². The summed E-state index contributed by atoms with van der Waals surface area (Å²) in [6.07, 6.45) is 1.27. The number of hydrogen-bond acceptors (Lipinski definition) is 3. The molecule has 0 unspecified atom stereocenters. The van der Waals surface area contributed by atoms with E-state index in [-0.39, 0.29) is 18.4 Å². The van der Waals surface area contributed by atoms with Crippen LogP contribution < -0.4 is 11.1 Å². The molecule has 1 aliphatic heterocycles. The molecule has 1 heterocycles. The van der Waals surface area contributed by atoms with Crippen molar-refractivity contribution in [2.24, 2.45) is 5.73 Å². The molecule has 0 aromatic heterocycles.